The minimum atomic E-state index is -0.218. The third-order valence-corrected chi connectivity index (χ3v) is 2.73. The van der Waals surface area contributed by atoms with Crippen LogP contribution >= 0.6 is 0 Å². The van der Waals surface area contributed by atoms with Crippen LogP contribution in [0, 0.1) is 5.92 Å². The van der Waals surface area contributed by atoms with Crippen LogP contribution in [-0.4, -0.2) is 36.5 Å². The van der Waals surface area contributed by atoms with Gasteiger partial charge in [-0.15, -0.1) is 0 Å². The molecule has 0 radical (unpaired) electrons. The highest BCUT2D eigenvalue weighted by molar-refractivity contribution is 5.73. The van der Waals surface area contributed by atoms with Gasteiger partial charge >= 0.3 is 0 Å². The number of carbonyl (C=O) groups is 1. The number of carbonyl (C=O) groups excluding carboxylic acids is 1. The molecule has 0 aromatic rings. The van der Waals surface area contributed by atoms with Crippen LogP contribution in [-0.2, 0) is 4.79 Å². The van der Waals surface area contributed by atoms with Gasteiger partial charge in [0.15, 0.2) is 0 Å². The largest absolute Gasteiger partial charge is 0.370 e. The number of amides is 1. The summed E-state index contributed by atoms with van der Waals surface area (Å²) in [5, 5.41) is 0. The Labute approximate surface area is 79.3 Å². The van der Waals surface area contributed by atoms with E-state index in [4.69, 9.17) is 11.5 Å². The summed E-state index contributed by atoms with van der Waals surface area (Å²) in [6, 6.07) is 0.263. The molecule has 0 aromatic carbocycles. The predicted octanol–water partition coefficient (Wildman–Crippen LogP) is -0.469. The first-order chi connectivity index (χ1) is 6.09. The molecule has 1 heterocycles. The molecule has 0 bridgehead atoms. The second-order valence-corrected chi connectivity index (χ2v) is 3.92. The van der Waals surface area contributed by atoms with Gasteiger partial charge in [-0.25, -0.2) is 0 Å². The van der Waals surface area contributed by atoms with Crippen molar-refractivity contribution in [2.24, 2.45) is 17.4 Å². The highest BCUT2D eigenvalue weighted by Crippen LogP contribution is 2.18. The molecule has 1 aliphatic heterocycles. The zero-order valence-electron chi connectivity index (χ0n) is 8.20. The van der Waals surface area contributed by atoms with Crippen LogP contribution in [0.3, 0.4) is 0 Å². The summed E-state index contributed by atoms with van der Waals surface area (Å²) < 4.78 is 0. The topological polar surface area (TPSA) is 72.3 Å². The molecule has 0 saturated carbocycles. The van der Waals surface area contributed by atoms with Gasteiger partial charge < -0.3 is 16.4 Å². The molecule has 2 atom stereocenters. The smallest absolute Gasteiger partial charge is 0.218 e. The first-order valence-electron chi connectivity index (χ1n) is 4.86. The van der Waals surface area contributed by atoms with Crippen LogP contribution in [0.5, 0.6) is 0 Å². The summed E-state index contributed by atoms with van der Waals surface area (Å²) in [7, 11) is 0. The lowest BCUT2D eigenvalue weighted by molar-refractivity contribution is -0.118. The van der Waals surface area contributed by atoms with Gasteiger partial charge in [0.1, 0.15) is 0 Å². The number of primary amides is 1. The van der Waals surface area contributed by atoms with Crippen LogP contribution in [0.1, 0.15) is 19.8 Å². The molecule has 76 valence electrons. The van der Waals surface area contributed by atoms with Crippen molar-refractivity contribution in [1.82, 2.24) is 4.90 Å². The van der Waals surface area contributed by atoms with Crippen LogP contribution < -0.4 is 11.5 Å². The van der Waals surface area contributed by atoms with E-state index in [-0.39, 0.29) is 11.9 Å². The summed E-state index contributed by atoms with van der Waals surface area (Å²) in [5.41, 5.74) is 10.9. The van der Waals surface area contributed by atoms with E-state index in [9.17, 15) is 4.79 Å². The van der Waals surface area contributed by atoms with Gasteiger partial charge in [-0.2, -0.15) is 0 Å². The normalized spacial score (nSPS) is 26.2. The van der Waals surface area contributed by atoms with Crippen molar-refractivity contribution < 1.29 is 4.79 Å². The van der Waals surface area contributed by atoms with Crippen molar-refractivity contribution in [1.29, 1.82) is 0 Å². The molecule has 4 nitrogen and oxygen atoms in total. The van der Waals surface area contributed by atoms with Crippen LogP contribution in [0.4, 0.5) is 0 Å². The van der Waals surface area contributed by atoms with Crippen LogP contribution in [0.25, 0.3) is 0 Å². The molecule has 1 saturated heterocycles. The number of likely N-dealkylation sites (tertiary alicyclic amines) is 1. The second-order valence-electron chi connectivity index (χ2n) is 3.92. The van der Waals surface area contributed by atoms with E-state index in [1.165, 1.54) is 0 Å². The average molecular weight is 185 g/mol. The van der Waals surface area contributed by atoms with E-state index in [0.717, 1.165) is 26.1 Å². The Kier molecular flexibility index (Phi) is 3.69. The van der Waals surface area contributed by atoms with E-state index < -0.39 is 0 Å². The monoisotopic (exact) mass is 185 g/mol. The van der Waals surface area contributed by atoms with Gasteiger partial charge in [0.2, 0.25) is 5.91 Å². The number of rotatable bonds is 4. The van der Waals surface area contributed by atoms with Gasteiger partial charge in [0, 0.05) is 25.6 Å². The number of nitrogens with two attached hydrogens (primary N) is 2. The average Bonchev–Trinajstić information content (AvgIpc) is 2.48. The summed E-state index contributed by atoms with van der Waals surface area (Å²) in [6.07, 6.45) is 1.61. The molecule has 0 aromatic heterocycles. The fourth-order valence-corrected chi connectivity index (χ4v) is 1.76. The molecular formula is C9H19N3O. The van der Waals surface area contributed by atoms with Gasteiger partial charge in [-0.1, -0.05) is 0 Å². The fraction of sp³-hybridized carbons (Fsp3) is 0.889. The summed E-state index contributed by atoms with van der Waals surface area (Å²) >= 11 is 0. The summed E-state index contributed by atoms with van der Waals surface area (Å²) in [6.45, 7) is 4.91. The van der Waals surface area contributed by atoms with E-state index in [2.05, 4.69) is 4.90 Å². The lowest BCUT2D eigenvalue weighted by Crippen LogP contribution is -2.31. The standard InChI is InChI=1S/C9H19N3O/c1-7(10)8-2-4-12(6-8)5-3-9(11)13/h7-8H,2-6,10H2,1H3,(H2,11,13). The quantitative estimate of drug-likeness (QED) is 0.622. The van der Waals surface area contributed by atoms with Gasteiger partial charge in [-0.05, 0) is 25.8 Å². The summed E-state index contributed by atoms with van der Waals surface area (Å²) in [5.74, 6) is 0.372. The SMILES string of the molecule is CC(N)C1CCN(CCC(N)=O)C1. The Balaban J connectivity index is 2.21. The number of nitrogens with zero attached hydrogens (tertiary/aromatic N) is 1. The van der Waals surface area contributed by atoms with Crippen LogP contribution in [0.15, 0.2) is 0 Å². The zero-order valence-corrected chi connectivity index (χ0v) is 8.20. The van der Waals surface area contributed by atoms with Crippen molar-refractivity contribution in [2.75, 3.05) is 19.6 Å². The van der Waals surface area contributed by atoms with Crippen molar-refractivity contribution in [3.8, 4) is 0 Å². The van der Waals surface area contributed by atoms with Crippen molar-refractivity contribution in [2.45, 2.75) is 25.8 Å². The number of hydrogen-bond acceptors (Lipinski definition) is 3. The first-order valence-corrected chi connectivity index (χ1v) is 4.86. The maximum absolute atomic E-state index is 10.5. The third kappa shape index (κ3) is 3.32. The van der Waals surface area contributed by atoms with Gasteiger partial charge in [0.25, 0.3) is 0 Å². The Bertz CT molecular complexity index is 182. The molecule has 0 aliphatic carbocycles. The second kappa shape index (κ2) is 4.58. The minimum absolute atomic E-state index is 0.218. The molecule has 2 unspecified atom stereocenters. The molecule has 4 heteroatoms. The summed E-state index contributed by atoms with van der Waals surface area (Å²) in [4.78, 5) is 12.8. The van der Waals surface area contributed by atoms with Gasteiger partial charge in [-0.3, -0.25) is 4.79 Å². The van der Waals surface area contributed by atoms with Gasteiger partial charge in [0.05, 0.1) is 0 Å². The predicted molar refractivity (Wildman–Crippen MR) is 52.0 cm³/mol. The zero-order chi connectivity index (χ0) is 9.84. The molecule has 13 heavy (non-hydrogen) atoms. The van der Waals surface area contributed by atoms with E-state index in [1.807, 2.05) is 6.92 Å². The molecule has 4 N–H and O–H groups in total. The molecule has 0 spiro atoms. The maximum atomic E-state index is 10.5. The lowest BCUT2D eigenvalue weighted by Gasteiger charge is -2.16. The van der Waals surface area contributed by atoms with Crippen molar-refractivity contribution >= 4 is 5.91 Å². The van der Waals surface area contributed by atoms with Crippen molar-refractivity contribution in [3.63, 3.8) is 0 Å². The van der Waals surface area contributed by atoms with Crippen molar-refractivity contribution in [3.05, 3.63) is 0 Å². The lowest BCUT2D eigenvalue weighted by atomic mass is 10.0. The van der Waals surface area contributed by atoms with E-state index in [1.54, 1.807) is 0 Å². The molecule has 1 aliphatic rings. The van der Waals surface area contributed by atoms with E-state index in [0.29, 0.717) is 12.3 Å². The van der Waals surface area contributed by atoms with Crippen LogP contribution in [0.2, 0.25) is 0 Å². The number of hydrogen-bond donors (Lipinski definition) is 2. The Morgan fingerprint density at radius 2 is 2.38 bits per heavy atom. The fourth-order valence-electron chi connectivity index (χ4n) is 1.76. The molecular weight excluding hydrogens is 166 g/mol. The Morgan fingerprint density at radius 3 is 2.85 bits per heavy atom. The molecule has 1 fully saturated rings. The third-order valence-electron chi connectivity index (χ3n) is 2.73. The molecule has 1 rings (SSSR count). The Hall–Kier alpha value is -0.610. The highest BCUT2D eigenvalue weighted by Gasteiger charge is 2.24. The maximum Gasteiger partial charge on any atom is 0.218 e. The molecule has 1 amide bonds. The minimum Gasteiger partial charge on any atom is -0.370 e. The Morgan fingerprint density at radius 1 is 1.69 bits per heavy atom. The first kappa shape index (κ1) is 10.5. The highest BCUT2D eigenvalue weighted by atomic mass is 16.1. The van der Waals surface area contributed by atoms with E-state index >= 15 is 0 Å².